The van der Waals surface area contributed by atoms with Gasteiger partial charge >= 0.3 is 5.97 Å². The van der Waals surface area contributed by atoms with Gasteiger partial charge in [0.1, 0.15) is 0 Å². The van der Waals surface area contributed by atoms with Crippen LogP contribution in [0.15, 0.2) is 46.9 Å². The van der Waals surface area contributed by atoms with Crippen LogP contribution < -0.4 is 10.6 Å². The molecule has 2 rings (SSSR count). The summed E-state index contributed by atoms with van der Waals surface area (Å²) in [5.41, 5.74) is 1.01. The zero-order valence-corrected chi connectivity index (χ0v) is 17.9. The Balaban J connectivity index is 2.00. The summed E-state index contributed by atoms with van der Waals surface area (Å²) >= 11 is 15.1. The third kappa shape index (κ3) is 6.51. The zero-order chi connectivity index (χ0) is 20.7. The Morgan fingerprint density at radius 1 is 1.07 bits per heavy atom. The molecular formula is C19H17BrCl2N2O4. The summed E-state index contributed by atoms with van der Waals surface area (Å²) < 4.78 is 5.56. The minimum Gasteiger partial charge on any atom is -0.469 e. The Morgan fingerprint density at radius 3 is 2.36 bits per heavy atom. The maximum Gasteiger partial charge on any atom is 0.307 e. The summed E-state index contributed by atoms with van der Waals surface area (Å²) in [6.45, 7) is -0.271. The van der Waals surface area contributed by atoms with Crippen molar-refractivity contribution in [2.24, 2.45) is 0 Å². The summed E-state index contributed by atoms with van der Waals surface area (Å²) in [5, 5.41) is 5.80. The third-order valence-electron chi connectivity index (χ3n) is 3.80. The quantitative estimate of drug-likeness (QED) is 0.580. The molecule has 148 valence electrons. The van der Waals surface area contributed by atoms with Crippen LogP contribution in [0.3, 0.4) is 0 Å². The van der Waals surface area contributed by atoms with Crippen molar-refractivity contribution in [3.8, 4) is 0 Å². The van der Waals surface area contributed by atoms with Crippen LogP contribution in [-0.2, 0) is 14.3 Å². The molecule has 28 heavy (non-hydrogen) atoms. The number of amides is 2. The molecule has 2 aromatic rings. The lowest BCUT2D eigenvalue weighted by molar-refractivity contribution is -0.141. The van der Waals surface area contributed by atoms with Crippen LogP contribution in [0, 0.1) is 0 Å². The lowest BCUT2D eigenvalue weighted by Crippen LogP contribution is -2.39. The molecule has 6 nitrogen and oxygen atoms in total. The molecule has 0 aliphatic carbocycles. The second-order valence-corrected chi connectivity index (χ2v) is 7.49. The topological polar surface area (TPSA) is 84.5 Å². The molecule has 0 aliphatic rings. The van der Waals surface area contributed by atoms with Crippen molar-refractivity contribution in [1.29, 1.82) is 0 Å². The molecule has 0 heterocycles. The van der Waals surface area contributed by atoms with Crippen molar-refractivity contribution in [3.05, 3.63) is 68.1 Å². The van der Waals surface area contributed by atoms with Gasteiger partial charge in [-0.3, -0.25) is 14.4 Å². The number of methoxy groups -OCH3 is 1. The Morgan fingerprint density at radius 2 is 1.75 bits per heavy atom. The molecule has 9 heteroatoms. The second-order valence-electron chi connectivity index (χ2n) is 5.76. The highest BCUT2D eigenvalue weighted by Gasteiger charge is 2.19. The fourth-order valence-corrected chi connectivity index (χ4v) is 2.91. The van der Waals surface area contributed by atoms with Crippen LogP contribution >= 0.6 is 39.1 Å². The molecular weight excluding hydrogens is 471 g/mol. The van der Waals surface area contributed by atoms with E-state index in [2.05, 4.69) is 26.6 Å². The zero-order valence-electron chi connectivity index (χ0n) is 14.8. The van der Waals surface area contributed by atoms with E-state index in [9.17, 15) is 14.4 Å². The summed E-state index contributed by atoms with van der Waals surface area (Å²) in [4.78, 5) is 36.1. The molecule has 0 fully saturated rings. The van der Waals surface area contributed by atoms with Gasteiger partial charge in [-0.05, 0) is 35.9 Å². The Hall–Kier alpha value is -2.09. The molecule has 0 saturated carbocycles. The van der Waals surface area contributed by atoms with E-state index in [0.29, 0.717) is 5.02 Å². The van der Waals surface area contributed by atoms with Crippen LogP contribution in [0.1, 0.15) is 28.4 Å². The van der Waals surface area contributed by atoms with E-state index in [4.69, 9.17) is 27.9 Å². The molecule has 1 atom stereocenters. The lowest BCUT2D eigenvalue weighted by atomic mass is 10.0. The second kappa shape index (κ2) is 10.5. The van der Waals surface area contributed by atoms with Crippen LogP contribution in [0.25, 0.3) is 0 Å². The van der Waals surface area contributed by atoms with Crippen molar-refractivity contribution < 1.29 is 19.1 Å². The monoisotopic (exact) mass is 486 g/mol. The van der Waals surface area contributed by atoms with E-state index in [-0.39, 0.29) is 23.6 Å². The summed E-state index contributed by atoms with van der Waals surface area (Å²) in [6.07, 6.45) is -0.0371. The molecule has 0 bridgehead atoms. The molecule has 0 radical (unpaired) electrons. The fraction of sp³-hybridized carbons (Fsp3) is 0.211. The number of ether oxygens (including phenoxy) is 1. The molecule has 0 spiro atoms. The first-order valence-electron chi connectivity index (χ1n) is 8.15. The summed E-state index contributed by atoms with van der Waals surface area (Å²) in [7, 11) is 1.28. The Bertz CT molecular complexity index is 875. The van der Waals surface area contributed by atoms with Crippen molar-refractivity contribution in [3.63, 3.8) is 0 Å². The Labute approximate surface area is 180 Å². The number of carbonyl (C=O) groups excluding carboxylic acids is 3. The van der Waals surface area contributed by atoms with Gasteiger partial charge in [-0.2, -0.15) is 0 Å². The molecule has 2 amide bonds. The summed E-state index contributed by atoms with van der Waals surface area (Å²) in [5.74, 6) is -1.39. The molecule has 0 aromatic heterocycles. The van der Waals surface area contributed by atoms with Gasteiger partial charge in [0.25, 0.3) is 5.91 Å². The number of carbonyl (C=O) groups is 3. The van der Waals surface area contributed by atoms with E-state index in [1.54, 1.807) is 24.3 Å². The van der Waals surface area contributed by atoms with Crippen LogP contribution in [0.5, 0.6) is 0 Å². The van der Waals surface area contributed by atoms with Crippen LogP contribution in [0.2, 0.25) is 10.0 Å². The van der Waals surface area contributed by atoms with E-state index < -0.39 is 23.8 Å². The van der Waals surface area contributed by atoms with E-state index in [0.717, 1.165) is 10.0 Å². The number of benzene rings is 2. The fourth-order valence-electron chi connectivity index (χ4n) is 2.34. The minimum absolute atomic E-state index is 0.0371. The predicted molar refractivity (Wildman–Crippen MR) is 110 cm³/mol. The minimum atomic E-state index is -0.588. The van der Waals surface area contributed by atoms with Gasteiger partial charge < -0.3 is 15.4 Å². The van der Waals surface area contributed by atoms with Gasteiger partial charge in [-0.25, -0.2) is 0 Å². The smallest absolute Gasteiger partial charge is 0.307 e. The molecule has 2 aromatic carbocycles. The van der Waals surface area contributed by atoms with Gasteiger partial charge in [0.15, 0.2) is 0 Å². The van der Waals surface area contributed by atoms with Crippen molar-refractivity contribution >= 4 is 56.9 Å². The van der Waals surface area contributed by atoms with Crippen molar-refractivity contribution in [1.82, 2.24) is 10.6 Å². The van der Waals surface area contributed by atoms with Gasteiger partial charge in [0.05, 0.1) is 36.2 Å². The first-order chi connectivity index (χ1) is 13.3. The first kappa shape index (κ1) is 22.2. The number of hydrogen-bond donors (Lipinski definition) is 2. The van der Waals surface area contributed by atoms with Gasteiger partial charge in [-0.1, -0.05) is 51.3 Å². The first-order valence-corrected chi connectivity index (χ1v) is 9.70. The molecule has 1 unspecified atom stereocenters. The SMILES string of the molecule is COC(=O)CC(NC(=O)CNC(=O)c1ccc(Cl)c(Cl)c1)c1ccc(Br)cc1. The third-order valence-corrected chi connectivity index (χ3v) is 5.07. The summed E-state index contributed by atoms with van der Waals surface area (Å²) in [6, 6.07) is 11.0. The number of esters is 1. The van der Waals surface area contributed by atoms with Crippen LogP contribution in [-0.4, -0.2) is 31.4 Å². The molecule has 0 aliphatic heterocycles. The maximum atomic E-state index is 12.3. The van der Waals surface area contributed by atoms with Gasteiger partial charge in [0.2, 0.25) is 5.91 Å². The highest BCUT2D eigenvalue weighted by molar-refractivity contribution is 9.10. The normalized spacial score (nSPS) is 11.4. The predicted octanol–water partition coefficient (Wildman–Crippen LogP) is 3.91. The van der Waals surface area contributed by atoms with E-state index in [1.165, 1.54) is 25.3 Å². The van der Waals surface area contributed by atoms with Crippen LogP contribution in [0.4, 0.5) is 0 Å². The average molecular weight is 488 g/mol. The Kier molecular flexibility index (Phi) is 8.29. The van der Waals surface area contributed by atoms with E-state index >= 15 is 0 Å². The number of nitrogens with one attached hydrogen (secondary N) is 2. The van der Waals surface area contributed by atoms with Gasteiger partial charge in [0, 0.05) is 10.0 Å². The van der Waals surface area contributed by atoms with Gasteiger partial charge in [-0.15, -0.1) is 0 Å². The van der Waals surface area contributed by atoms with Crippen molar-refractivity contribution in [2.75, 3.05) is 13.7 Å². The number of halogens is 3. The molecule has 0 saturated heterocycles. The number of hydrogen-bond acceptors (Lipinski definition) is 4. The average Bonchev–Trinajstić information content (AvgIpc) is 2.68. The highest BCUT2D eigenvalue weighted by Crippen LogP contribution is 2.22. The maximum absolute atomic E-state index is 12.3. The largest absolute Gasteiger partial charge is 0.469 e. The van der Waals surface area contributed by atoms with E-state index in [1.807, 2.05) is 0 Å². The van der Waals surface area contributed by atoms with Crippen molar-refractivity contribution in [2.45, 2.75) is 12.5 Å². The lowest BCUT2D eigenvalue weighted by Gasteiger charge is -2.18. The number of rotatable bonds is 7. The molecule has 2 N–H and O–H groups in total. The standard InChI is InChI=1S/C19H17BrCl2N2O4/c1-28-18(26)9-16(11-2-5-13(20)6-3-11)24-17(25)10-23-19(27)12-4-7-14(21)15(22)8-12/h2-8,16H,9-10H2,1H3,(H,23,27)(H,24,25). The highest BCUT2D eigenvalue weighted by atomic mass is 79.9.